The van der Waals surface area contributed by atoms with Gasteiger partial charge in [0.15, 0.2) is 0 Å². The second-order valence-electron chi connectivity index (χ2n) is 4.63. The number of allylic oxidation sites excluding steroid dienone is 6. The van der Waals surface area contributed by atoms with Crippen LogP contribution in [0.15, 0.2) is 35.5 Å². The molecule has 0 aromatic heterocycles. The lowest BCUT2D eigenvalue weighted by Crippen LogP contribution is -1.91. The maximum absolute atomic E-state index is 2.33. The Bertz CT molecular complexity index is 237. The monoisotopic (exact) mass is 206 g/mol. The van der Waals surface area contributed by atoms with Crippen LogP contribution in [-0.2, 0) is 0 Å². The van der Waals surface area contributed by atoms with Crippen molar-refractivity contribution in [2.45, 2.75) is 53.9 Å². The van der Waals surface area contributed by atoms with Crippen molar-refractivity contribution in [1.29, 1.82) is 0 Å². The van der Waals surface area contributed by atoms with E-state index in [1.807, 2.05) is 0 Å². The molecule has 0 spiro atoms. The predicted octanol–water partition coefficient (Wildman–Crippen LogP) is 5.28. The zero-order chi connectivity index (χ0) is 11.7. The molecule has 0 saturated carbocycles. The summed E-state index contributed by atoms with van der Waals surface area (Å²) >= 11 is 0. The van der Waals surface area contributed by atoms with Gasteiger partial charge in [0, 0.05) is 0 Å². The fraction of sp³-hybridized carbons (Fsp3) is 0.600. The summed E-state index contributed by atoms with van der Waals surface area (Å²) in [5, 5.41) is 0. The van der Waals surface area contributed by atoms with Crippen LogP contribution in [0.4, 0.5) is 0 Å². The van der Waals surface area contributed by atoms with Gasteiger partial charge in [0.05, 0.1) is 0 Å². The standard InChI is InChI=1S/C15H26/c1-6-14(4)10-8-12-15(5)11-7-9-13(2)3/h6,8-10,15H,7,11-12H2,1-5H3/b10-8-,14-6+/t15-/m0/s1. The van der Waals surface area contributed by atoms with Crippen LogP contribution >= 0.6 is 0 Å². The van der Waals surface area contributed by atoms with Crippen molar-refractivity contribution in [1.82, 2.24) is 0 Å². The molecular formula is C15H26. The van der Waals surface area contributed by atoms with Crippen molar-refractivity contribution in [3.05, 3.63) is 35.5 Å². The molecule has 0 heteroatoms. The van der Waals surface area contributed by atoms with Crippen molar-refractivity contribution < 1.29 is 0 Å². The van der Waals surface area contributed by atoms with Crippen LogP contribution in [0.1, 0.15) is 53.9 Å². The van der Waals surface area contributed by atoms with Gasteiger partial charge >= 0.3 is 0 Å². The van der Waals surface area contributed by atoms with Gasteiger partial charge in [0.1, 0.15) is 0 Å². The van der Waals surface area contributed by atoms with E-state index in [2.05, 4.69) is 58.9 Å². The van der Waals surface area contributed by atoms with Crippen molar-refractivity contribution in [3.63, 3.8) is 0 Å². The van der Waals surface area contributed by atoms with Crippen molar-refractivity contribution in [2.24, 2.45) is 5.92 Å². The Morgan fingerprint density at radius 3 is 2.40 bits per heavy atom. The lowest BCUT2D eigenvalue weighted by atomic mass is 10.0. The van der Waals surface area contributed by atoms with Crippen LogP contribution in [0.2, 0.25) is 0 Å². The molecule has 0 aliphatic carbocycles. The fourth-order valence-corrected chi connectivity index (χ4v) is 1.36. The van der Waals surface area contributed by atoms with Crippen molar-refractivity contribution in [2.75, 3.05) is 0 Å². The van der Waals surface area contributed by atoms with Crippen molar-refractivity contribution >= 4 is 0 Å². The first-order valence-corrected chi connectivity index (χ1v) is 5.99. The van der Waals surface area contributed by atoms with E-state index >= 15 is 0 Å². The van der Waals surface area contributed by atoms with Crippen LogP contribution in [0.5, 0.6) is 0 Å². The van der Waals surface area contributed by atoms with Crippen LogP contribution < -0.4 is 0 Å². The minimum atomic E-state index is 0.793. The van der Waals surface area contributed by atoms with Gasteiger partial charge in [-0.3, -0.25) is 0 Å². The van der Waals surface area contributed by atoms with E-state index in [4.69, 9.17) is 0 Å². The molecule has 0 saturated heterocycles. The second kappa shape index (κ2) is 8.52. The third kappa shape index (κ3) is 9.52. The Morgan fingerprint density at radius 1 is 1.20 bits per heavy atom. The predicted molar refractivity (Wildman–Crippen MR) is 71.0 cm³/mol. The normalized spacial score (nSPS) is 14.3. The summed E-state index contributed by atoms with van der Waals surface area (Å²) < 4.78 is 0. The third-order valence-electron chi connectivity index (χ3n) is 2.59. The van der Waals surface area contributed by atoms with Crippen LogP contribution in [0.25, 0.3) is 0 Å². The molecule has 0 radical (unpaired) electrons. The Balaban J connectivity index is 3.71. The topological polar surface area (TPSA) is 0 Å². The molecule has 86 valence electrons. The minimum Gasteiger partial charge on any atom is -0.0859 e. The molecule has 0 heterocycles. The molecule has 0 aromatic carbocycles. The van der Waals surface area contributed by atoms with Crippen LogP contribution in [-0.4, -0.2) is 0 Å². The molecule has 1 atom stereocenters. The smallest absolute Gasteiger partial charge is 0.0322 e. The SMILES string of the molecule is C/C=C(C)/C=C\C[C@@H](C)CCC=C(C)C. The molecular weight excluding hydrogens is 180 g/mol. The second-order valence-corrected chi connectivity index (χ2v) is 4.63. The van der Waals surface area contributed by atoms with Crippen molar-refractivity contribution in [3.8, 4) is 0 Å². The fourth-order valence-electron chi connectivity index (χ4n) is 1.36. The first-order valence-electron chi connectivity index (χ1n) is 5.99. The highest BCUT2D eigenvalue weighted by molar-refractivity contribution is 5.14. The average Bonchev–Trinajstić information content (AvgIpc) is 2.17. The summed E-state index contributed by atoms with van der Waals surface area (Å²) in [7, 11) is 0. The molecule has 0 fully saturated rings. The van der Waals surface area contributed by atoms with Gasteiger partial charge in [-0.2, -0.15) is 0 Å². The van der Waals surface area contributed by atoms with E-state index in [1.165, 1.54) is 30.4 Å². The Kier molecular flexibility index (Phi) is 8.08. The summed E-state index contributed by atoms with van der Waals surface area (Å²) in [6.45, 7) is 10.9. The first kappa shape index (κ1) is 14.2. The summed E-state index contributed by atoms with van der Waals surface area (Å²) in [6, 6.07) is 0. The maximum Gasteiger partial charge on any atom is -0.0322 e. The minimum absolute atomic E-state index is 0.793. The van der Waals surface area contributed by atoms with E-state index in [0.717, 1.165) is 5.92 Å². The summed E-state index contributed by atoms with van der Waals surface area (Å²) in [4.78, 5) is 0. The molecule has 15 heavy (non-hydrogen) atoms. The zero-order valence-electron chi connectivity index (χ0n) is 11.0. The highest BCUT2D eigenvalue weighted by Gasteiger charge is 1.97. The van der Waals surface area contributed by atoms with Crippen LogP contribution in [0, 0.1) is 5.92 Å². The van der Waals surface area contributed by atoms with E-state index in [1.54, 1.807) is 0 Å². The Labute approximate surface area is 95.8 Å². The van der Waals surface area contributed by atoms with E-state index in [9.17, 15) is 0 Å². The molecule has 0 rings (SSSR count). The molecule has 0 unspecified atom stereocenters. The third-order valence-corrected chi connectivity index (χ3v) is 2.59. The number of hydrogen-bond acceptors (Lipinski definition) is 0. The number of rotatable bonds is 6. The molecule has 0 aromatic rings. The average molecular weight is 206 g/mol. The molecule has 0 amide bonds. The first-order chi connectivity index (χ1) is 7.06. The van der Waals surface area contributed by atoms with Gasteiger partial charge in [-0.05, 0) is 52.9 Å². The molecule has 0 aliphatic heterocycles. The van der Waals surface area contributed by atoms with E-state index in [0.29, 0.717) is 0 Å². The van der Waals surface area contributed by atoms with Gasteiger partial charge < -0.3 is 0 Å². The number of hydrogen-bond donors (Lipinski definition) is 0. The Morgan fingerprint density at radius 2 is 1.87 bits per heavy atom. The quantitative estimate of drug-likeness (QED) is 0.409. The largest absolute Gasteiger partial charge is 0.0859 e. The molecule has 0 aliphatic rings. The zero-order valence-corrected chi connectivity index (χ0v) is 11.0. The van der Waals surface area contributed by atoms with Gasteiger partial charge in [-0.1, -0.05) is 42.4 Å². The maximum atomic E-state index is 2.33. The van der Waals surface area contributed by atoms with Gasteiger partial charge in [-0.15, -0.1) is 0 Å². The summed E-state index contributed by atoms with van der Waals surface area (Å²) in [6.07, 6.45) is 12.7. The summed E-state index contributed by atoms with van der Waals surface area (Å²) in [5.41, 5.74) is 2.79. The molecule has 0 bridgehead atoms. The lowest BCUT2D eigenvalue weighted by Gasteiger charge is -2.06. The van der Waals surface area contributed by atoms with E-state index < -0.39 is 0 Å². The Hall–Kier alpha value is -0.780. The molecule has 0 nitrogen and oxygen atoms in total. The van der Waals surface area contributed by atoms with E-state index in [-0.39, 0.29) is 0 Å². The van der Waals surface area contributed by atoms with Crippen LogP contribution in [0.3, 0.4) is 0 Å². The molecule has 0 N–H and O–H groups in total. The van der Waals surface area contributed by atoms with Gasteiger partial charge in [0.25, 0.3) is 0 Å². The highest BCUT2D eigenvalue weighted by atomic mass is 14.0. The summed E-state index contributed by atoms with van der Waals surface area (Å²) in [5.74, 6) is 0.793. The van der Waals surface area contributed by atoms with Gasteiger partial charge in [-0.25, -0.2) is 0 Å². The van der Waals surface area contributed by atoms with Gasteiger partial charge in [0.2, 0.25) is 0 Å². The lowest BCUT2D eigenvalue weighted by molar-refractivity contribution is 0.545. The highest BCUT2D eigenvalue weighted by Crippen LogP contribution is 2.12.